The Morgan fingerprint density at radius 1 is 1.03 bits per heavy atom. The van der Waals surface area contributed by atoms with Crippen LogP contribution in [0.2, 0.25) is 0 Å². The fraction of sp³-hybridized carbons (Fsp3) is 0.227. The molecule has 0 unspecified atom stereocenters. The number of carbonyl (C=O) groups is 1. The molecule has 0 aliphatic carbocycles. The number of nitrogen functional groups attached to an aromatic ring is 1. The first-order chi connectivity index (χ1) is 14.0. The summed E-state index contributed by atoms with van der Waals surface area (Å²) in [5.41, 5.74) is 6.42. The molecule has 7 heteroatoms. The second-order valence-corrected chi connectivity index (χ2v) is 6.73. The largest absolute Gasteiger partial charge is 0.384 e. The second kappa shape index (κ2) is 9.16. The van der Waals surface area contributed by atoms with Crippen LogP contribution in [0.5, 0.6) is 0 Å². The molecular formula is C22H24N4O3. The third-order valence-corrected chi connectivity index (χ3v) is 4.70. The molecule has 0 fully saturated rings. The molecule has 150 valence electrons. The summed E-state index contributed by atoms with van der Waals surface area (Å²) in [4.78, 5) is 39.2. The van der Waals surface area contributed by atoms with E-state index in [1.807, 2.05) is 67.6 Å². The first kappa shape index (κ1) is 20.3. The molecule has 2 aromatic carbocycles. The summed E-state index contributed by atoms with van der Waals surface area (Å²) in [5, 5.41) is 3.23. The zero-order valence-corrected chi connectivity index (χ0v) is 16.2. The minimum Gasteiger partial charge on any atom is -0.384 e. The van der Waals surface area contributed by atoms with E-state index in [0.717, 1.165) is 11.1 Å². The normalized spacial score (nSPS) is 11.0. The Labute approximate surface area is 168 Å². The van der Waals surface area contributed by atoms with Gasteiger partial charge in [0.15, 0.2) is 5.78 Å². The van der Waals surface area contributed by atoms with Gasteiger partial charge in [-0.2, -0.15) is 0 Å². The number of hydrogen-bond acceptors (Lipinski definition) is 5. The van der Waals surface area contributed by atoms with Crippen molar-refractivity contribution in [3.8, 4) is 0 Å². The number of nitrogens with two attached hydrogens (primary N) is 1. The van der Waals surface area contributed by atoms with Crippen LogP contribution in [0.3, 0.4) is 0 Å². The summed E-state index contributed by atoms with van der Waals surface area (Å²) in [6, 6.07) is 19.2. The fourth-order valence-electron chi connectivity index (χ4n) is 3.31. The molecule has 1 heterocycles. The molecule has 4 N–H and O–H groups in total. The van der Waals surface area contributed by atoms with E-state index >= 15 is 0 Å². The highest BCUT2D eigenvalue weighted by atomic mass is 16.2. The summed E-state index contributed by atoms with van der Waals surface area (Å²) < 4.78 is 1.22. The van der Waals surface area contributed by atoms with Gasteiger partial charge < -0.3 is 5.73 Å². The molecule has 3 rings (SSSR count). The Bertz CT molecular complexity index is 1050. The quantitative estimate of drug-likeness (QED) is 0.509. The summed E-state index contributed by atoms with van der Waals surface area (Å²) >= 11 is 0. The lowest BCUT2D eigenvalue weighted by Crippen LogP contribution is -2.38. The molecule has 0 atom stereocenters. The Hall–Kier alpha value is -3.45. The Balaban J connectivity index is 1.89. The maximum Gasteiger partial charge on any atom is 0.329 e. The fourth-order valence-corrected chi connectivity index (χ4v) is 3.31. The third-order valence-electron chi connectivity index (χ3n) is 4.70. The van der Waals surface area contributed by atoms with E-state index in [1.54, 1.807) is 0 Å². The lowest BCUT2D eigenvalue weighted by molar-refractivity contribution is 0.0987. The highest BCUT2D eigenvalue weighted by Crippen LogP contribution is 2.21. The Morgan fingerprint density at radius 3 is 2.10 bits per heavy atom. The number of anilines is 1. The minimum atomic E-state index is -0.761. The summed E-state index contributed by atoms with van der Waals surface area (Å²) in [5.74, 6) is -0.561. The SMILES string of the molecule is CCCn1c(N)c(C(=O)CNC(c2ccccc2)c2ccccc2)c(=O)[nH]c1=O. The maximum atomic E-state index is 12.8. The van der Waals surface area contributed by atoms with E-state index in [4.69, 9.17) is 5.73 Å². The third kappa shape index (κ3) is 4.52. The van der Waals surface area contributed by atoms with Gasteiger partial charge in [0, 0.05) is 6.54 Å². The van der Waals surface area contributed by atoms with Crippen molar-refractivity contribution in [2.45, 2.75) is 25.9 Å². The predicted octanol–water partition coefficient (Wildman–Crippen LogP) is 2.09. The molecule has 0 spiro atoms. The number of ketones is 1. The molecule has 1 aromatic heterocycles. The van der Waals surface area contributed by atoms with Crippen LogP contribution < -0.4 is 22.3 Å². The molecule has 0 amide bonds. The smallest absolute Gasteiger partial charge is 0.329 e. The van der Waals surface area contributed by atoms with Crippen LogP contribution in [0.25, 0.3) is 0 Å². The number of nitrogens with one attached hydrogen (secondary N) is 2. The molecule has 0 aliphatic rings. The maximum absolute atomic E-state index is 12.8. The predicted molar refractivity (Wildman–Crippen MR) is 113 cm³/mol. The summed E-state index contributed by atoms with van der Waals surface area (Å²) in [7, 11) is 0. The molecule has 0 saturated carbocycles. The summed E-state index contributed by atoms with van der Waals surface area (Å²) in [6.07, 6.45) is 0.645. The zero-order valence-electron chi connectivity index (χ0n) is 16.2. The van der Waals surface area contributed by atoms with Gasteiger partial charge in [0.25, 0.3) is 5.56 Å². The number of H-pyrrole nitrogens is 1. The first-order valence-corrected chi connectivity index (χ1v) is 9.52. The highest BCUT2D eigenvalue weighted by molar-refractivity contribution is 6.01. The van der Waals surface area contributed by atoms with Crippen molar-refractivity contribution in [3.05, 3.63) is 98.2 Å². The van der Waals surface area contributed by atoms with Gasteiger partial charge in [0.1, 0.15) is 11.4 Å². The molecule has 0 saturated heterocycles. The van der Waals surface area contributed by atoms with E-state index in [1.165, 1.54) is 4.57 Å². The van der Waals surface area contributed by atoms with Crippen molar-refractivity contribution < 1.29 is 4.79 Å². The topological polar surface area (TPSA) is 110 Å². The molecule has 29 heavy (non-hydrogen) atoms. The number of carbonyl (C=O) groups excluding carboxylic acids is 1. The van der Waals surface area contributed by atoms with Gasteiger partial charge in [-0.1, -0.05) is 67.6 Å². The minimum absolute atomic E-state index is 0.0941. The van der Waals surface area contributed by atoms with Crippen LogP contribution in [0.4, 0.5) is 5.82 Å². The van der Waals surface area contributed by atoms with Gasteiger partial charge in [-0.05, 0) is 17.5 Å². The number of aromatic nitrogens is 2. The Morgan fingerprint density at radius 2 is 1.59 bits per heavy atom. The van der Waals surface area contributed by atoms with Crippen LogP contribution in [0, 0.1) is 0 Å². The summed E-state index contributed by atoms with van der Waals surface area (Å²) in [6.45, 7) is 2.10. The lowest BCUT2D eigenvalue weighted by atomic mass is 9.98. The van der Waals surface area contributed by atoms with Gasteiger partial charge in [-0.3, -0.25) is 24.5 Å². The van der Waals surface area contributed by atoms with Crippen molar-refractivity contribution in [2.75, 3.05) is 12.3 Å². The number of nitrogens with zero attached hydrogens (tertiary/aromatic N) is 1. The number of aromatic amines is 1. The van der Waals surface area contributed by atoms with Crippen molar-refractivity contribution in [2.24, 2.45) is 0 Å². The van der Waals surface area contributed by atoms with Crippen LogP contribution in [-0.2, 0) is 6.54 Å². The number of benzene rings is 2. The zero-order chi connectivity index (χ0) is 20.8. The molecule has 7 nitrogen and oxygen atoms in total. The lowest BCUT2D eigenvalue weighted by Gasteiger charge is -2.20. The molecular weight excluding hydrogens is 368 g/mol. The molecule has 3 aromatic rings. The molecule has 0 aliphatic heterocycles. The van der Waals surface area contributed by atoms with Crippen molar-refractivity contribution in [1.82, 2.24) is 14.9 Å². The van der Waals surface area contributed by atoms with E-state index in [9.17, 15) is 14.4 Å². The van der Waals surface area contributed by atoms with E-state index in [2.05, 4.69) is 10.3 Å². The second-order valence-electron chi connectivity index (χ2n) is 6.73. The highest BCUT2D eigenvalue weighted by Gasteiger charge is 2.21. The number of Topliss-reactive ketones (excluding diaryl/α,β-unsaturated/α-hetero) is 1. The number of rotatable bonds is 8. The average molecular weight is 392 g/mol. The van der Waals surface area contributed by atoms with Crippen LogP contribution in [0.1, 0.15) is 40.9 Å². The van der Waals surface area contributed by atoms with E-state index < -0.39 is 17.0 Å². The van der Waals surface area contributed by atoms with Crippen molar-refractivity contribution >= 4 is 11.6 Å². The van der Waals surface area contributed by atoms with Gasteiger partial charge in [0.05, 0.1) is 12.6 Å². The van der Waals surface area contributed by atoms with Gasteiger partial charge in [-0.25, -0.2) is 4.79 Å². The van der Waals surface area contributed by atoms with Crippen molar-refractivity contribution in [3.63, 3.8) is 0 Å². The van der Waals surface area contributed by atoms with Gasteiger partial charge >= 0.3 is 5.69 Å². The van der Waals surface area contributed by atoms with Gasteiger partial charge in [-0.15, -0.1) is 0 Å². The van der Waals surface area contributed by atoms with Crippen LogP contribution in [0.15, 0.2) is 70.3 Å². The van der Waals surface area contributed by atoms with Crippen LogP contribution >= 0.6 is 0 Å². The average Bonchev–Trinajstić information content (AvgIpc) is 2.72. The van der Waals surface area contributed by atoms with E-state index in [-0.39, 0.29) is 24.0 Å². The monoisotopic (exact) mass is 392 g/mol. The van der Waals surface area contributed by atoms with Gasteiger partial charge in [0.2, 0.25) is 0 Å². The Kier molecular flexibility index (Phi) is 6.41. The van der Waals surface area contributed by atoms with Crippen molar-refractivity contribution in [1.29, 1.82) is 0 Å². The molecule has 0 bridgehead atoms. The van der Waals surface area contributed by atoms with Crippen LogP contribution in [-0.4, -0.2) is 21.9 Å². The van der Waals surface area contributed by atoms with E-state index in [0.29, 0.717) is 13.0 Å². The molecule has 0 radical (unpaired) electrons. The standard InChI is InChI=1S/C22H24N4O3/c1-2-13-26-20(23)18(21(28)25-22(26)29)17(27)14-24-19(15-9-5-3-6-10-15)16-11-7-4-8-12-16/h3-12,19,24H,2,13-14,23H2,1H3,(H,25,28,29). The first-order valence-electron chi connectivity index (χ1n) is 9.52. The number of hydrogen-bond donors (Lipinski definition) is 3.